The summed E-state index contributed by atoms with van der Waals surface area (Å²) in [6.07, 6.45) is 2.77. The smallest absolute Gasteiger partial charge is 0.235 e. The molecule has 2 fully saturated rings. The minimum Gasteiger partial charge on any atom is -0.507 e. The van der Waals surface area contributed by atoms with Crippen molar-refractivity contribution in [1.29, 1.82) is 0 Å². The van der Waals surface area contributed by atoms with Crippen LogP contribution in [0.15, 0.2) is 18.5 Å². The van der Waals surface area contributed by atoms with Gasteiger partial charge in [-0.05, 0) is 55.7 Å². The van der Waals surface area contributed by atoms with Crippen LogP contribution < -0.4 is 5.73 Å². The third-order valence-electron chi connectivity index (χ3n) is 7.95. The Morgan fingerprint density at radius 3 is 2.57 bits per heavy atom. The second-order valence-corrected chi connectivity index (χ2v) is 9.81. The first-order valence-electron chi connectivity index (χ1n) is 11.6. The van der Waals surface area contributed by atoms with E-state index in [-0.39, 0.29) is 30.6 Å². The van der Waals surface area contributed by atoms with Crippen LogP contribution in [0.1, 0.15) is 45.7 Å². The number of rotatable bonds is 4. The molecule has 182 valence electrons. The third-order valence-corrected chi connectivity index (χ3v) is 7.95. The number of aromatic nitrogens is 2. The fourth-order valence-corrected chi connectivity index (χ4v) is 6.16. The first-order chi connectivity index (χ1) is 16.6. The number of fused-ring (bicyclic) bond motifs is 3. The van der Waals surface area contributed by atoms with Crippen LogP contribution in [0.5, 0.6) is 5.75 Å². The molecule has 1 amide bonds. The second kappa shape index (κ2) is 7.94. The molecule has 5 rings (SSSR count). The van der Waals surface area contributed by atoms with Crippen LogP contribution in [0.4, 0.5) is 0 Å². The molecule has 1 aromatic carbocycles. The zero-order valence-electron chi connectivity index (χ0n) is 19.0. The zero-order valence-corrected chi connectivity index (χ0v) is 19.0. The Morgan fingerprint density at radius 1 is 1.17 bits per heavy atom. The molecule has 35 heavy (non-hydrogen) atoms. The number of phenols is 1. The number of carbonyl (C=O) groups is 5. The van der Waals surface area contributed by atoms with E-state index >= 15 is 0 Å². The van der Waals surface area contributed by atoms with Gasteiger partial charge in [0, 0.05) is 18.0 Å². The lowest BCUT2D eigenvalue weighted by Gasteiger charge is -2.48. The van der Waals surface area contributed by atoms with Crippen molar-refractivity contribution < 1.29 is 34.2 Å². The van der Waals surface area contributed by atoms with Gasteiger partial charge in [-0.3, -0.25) is 24.0 Å². The number of aliphatic hydroxyl groups is 1. The molecule has 1 heterocycles. The number of nitrogens with one attached hydrogen (secondary N) is 1. The average molecular weight is 479 g/mol. The van der Waals surface area contributed by atoms with Crippen LogP contribution in [0, 0.1) is 30.6 Å². The molecule has 10 nitrogen and oxygen atoms in total. The number of aromatic hydroxyl groups is 1. The maximum absolute atomic E-state index is 13.5. The van der Waals surface area contributed by atoms with E-state index in [0.717, 1.165) is 17.0 Å². The highest BCUT2D eigenvalue weighted by molar-refractivity contribution is 6.31. The lowest BCUT2D eigenvalue weighted by molar-refractivity contribution is -0.175. The van der Waals surface area contributed by atoms with Crippen molar-refractivity contribution in [3.05, 3.63) is 46.5 Å². The molecular formula is C25H25N3O7. The Balaban J connectivity index is 1.52. The molecule has 0 radical (unpaired) electrons. The number of nitrogens with zero attached hydrogens (tertiary/aromatic N) is 1. The maximum atomic E-state index is 13.5. The van der Waals surface area contributed by atoms with Gasteiger partial charge in [-0.1, -0.05) is 6.07 Å². The number of benzene rings is 1. The summed E-state index contributed by atoms with van der Waals surface area (Å²) in [4.78, 5) is 71.5. The van der Waals surface area contributed by atoms with Crippen LogP contribution in [-0.4, -0.2) is 54.8 Å². The number of phenolic OH excluding ortho intramolecular Hbond substituents is 1. The second-order valence-electron chi connectivity index (χ2n) is 9.81. The largest absolute Gasteiger partial charge is 0.507 e. The van der Waals surface area contributed by atoms with Crippen LogP contribution in [0.2, 0.25) is 0 Å². The van der Waals surface area contributed by atoms with Gasteiger partial charge in [0.2, 0.25) is 5.91 Å². The highest BCUT2D eigenvalue weighted by Crippen LogP contribution is 2.50. The molecule has 3 aliphatic rings. The molecular weight excluding hydrogens is 454 g/mol. The average Bonchev–Trinajstić information content (AvgIpc) is 3.20. The summed E-state index contributed by atoms with van der Waals surface area (Å²) < 4.78 is 0. The predicted octanol–water partition coefficient (Wildman–Crippen LogP) is 0.144. The zero-order chi connectivity index (χ0) is 25.2. The first kappa shape index (κ1) is 23.1. The van der Waals surface area contributed by atoms with Gasteiger partial charge < -0.3 is 20.9 Å². The monoisotopic (exact) mass is 479 g/mol. The van der Waals surface area contributed by atoms with Crippen molar-refractivity contribution in [2.24, 2.45) is 29.4 Å². The molecule has 5 atom stereocenters. The Labute approximate surface area is 199 Å². The molecule has 0 bridgehead atoms. The Bertz CT molecular complexity index is 1310. The maximum Gasteiger partial charge on any atom is 0.235 e. The number of H-pyrrole nitrogens is 1. The summed E-state index contributed by atoms with van der Waals surface area (Å²) in [6, 6.07) is 3.15. The van der Waals surface area contributed by atoms with E-state index in [4.69, 9.17) is 5.73 Å². The van der Waals surface area contributed by atoms with Crippen molar-refractivity contribution in [3.63, 3.8) is 0 Å². The van der Waals surface area contributed by atoms with Gasteiger partial charge in [0.1, 0.15) is 5.75 Å². The van der Waals surface area contributed by atoms with E-state index in [1.54, 1.807) is 12.4 Å². The number of aromatic amines is 1. The molecule has 2 saturated carbocycles. The Morgan fingerprint density at radius 2 is 1.91 bits per heavy atom. The molecule has 10 heteroatoms. The highest BCUT2D eigenvalue weighted by atomic mass is 16.3. The van der Waals surface area contributed by atoms with Gasteiger partial charge in [0.05, 0.1) is 23.5 Å². The molecule has 3 aliphatic carbocycles. The Hall–Kier alpha value is -3.66. The fourth-order valence-electron chi connectivity index (χ4n) is 6.16. The quantitative estimate of drug-likeness (QED) is 0.447. The van der Waals surface area contributed by atoms with Gasteiger partial charge in [-0.2, -0.15) is 0 Å². The number of nitrogens with two attached hydrogens (primary N) is 1. The summed E-state index contributed by atoms with van der Waals surface area (Å²) in [7, 11) is 0. The van der Waals surface area contributed by atoms with Crippen LogP contribution >= 0.6 is 0 Å². The van der Waals surface area contributed by atoms with E-state index in [1.807, 2.05) is 6.92 Å². The van der Waals surface area contributed by atoms with Crippen LogP contribution in [0.25, 0.3) is 0 Å². The lowest BCUT2D eigenvalue weighted by Crippen LogP contribution is -2.68. The van der Waals surface area contributed by atoms with Crippen LogP contribution in [0.3, 0.4) is 0 Å². The van der Waals surface area contributed by atoms with E-state index in [2.05, 4.69) is 9.97 Å². The molecule has 0 saturated heterocycles. The van der Waals surface area contributed by atoms with Crippen molar-refractivity contribution >= 4 is 29.0 Å². The van der Waals surface area contributed by atoms with E-state index < -0.39 is 58.3 Å². The molecule has 1 aromatic heterocycles. The summed E-state index contributed by atoms with van der Waals surface area (Å²) in [5, 5.41) is 21.8. The van der Waals surface area contributed by atoms with Gasteiger partial charge in [0.15, 0.2) is 34.7 Å². The minimum absolute atomic E-state index is 0.0173. The molecule has 2 aromatic rings. The number of carbonyl (C=O) groups excluding carboxylic acids is 5. The summed E-state index contributed by atoms with van der Waals surface area (Å²) >= 11 is 0. The van der Waals surface area contributed by atoms with E-state index in [9.17, 15) is 34.2 Å². The minimum atomic E-state index is -2.63. The SMILES string of the molecule is Cc1[nH]cnc1CCc1ccc(O)c2c1C[C@H]1C[C@H]3CC(=O)C(C(N)=O)C(=O)[C@@]3(O)C(=O)C1C2=O. The van der Waals surface area contributed by atoms with Gasteiger partial charge in [0.25, 0.3) is 0 Å². The van der Waals surface area contributed by atoms with Crippen molar-refractivity contribution in [1.82, 2.24) is 9.97 Å². The van der Waals surface area contributed by atoms with Gasteiger partial charge in [-0.15, -0.1) is 0 Å². The Kier molecular flexibility index (Phi) is 5.24. The number of hydrogen-bond donors (Lipinski definition) is 4. The van der Waals surface area contributed by atoms with Crippen molar-refractivity contribution in [2.45, 2.75) is 44.6 Å². The van der Waals surface area contributed by atoms with Gasteiger partial charge in [-0.25, -0.2) is 4.98 Å². The number of ketones is 4. The number of amides is 1. The van der Waals surface area contributed by atoms with Crippen LogP contribution in [-0.2, 0) is 38.4 Å². The van der Waals surface area contributed by atoms with Crippen molar-refractivity contribution in [2.75, 3.05) is 0 Å². The number of imidazole rings is 1. The first-order valence-corrected chi connectivity index (χ1v) is 11.6. The molecule has 0 spiro atoms. The number of hydrogen-bond acceptors (Lipinski definition) is 8. The lowest BCUT2D eigenvalue weighted by atomic mass is 9.53. The fraction of sp³-hybridized carbons (Fsp3) is 0.440. The predicted molar refractivity (Wildman–Crippen MR) is 119 cm³/mol. The molecule has 0 aliphatic heterocycles. The normalized spacial score (nSPS) is 30.0. The molecule has 2 unspecified atom stereocenters. The summed E-state index contributed by atoms with van der Waals surface area (Å²) in [5.74, 6) is -10.0. The number of primary amides is 1. The summed E-state index contributed by atoms with van der Waals surface area (Å²) in [6.45, 7) is 1.91. The highest BCUT2D eigenvalue weighted by Gasteiger charge is 2.66. The third kappa shape index (κ3) is 3.27. The van der Waals surface area contributed by atoms with E-state index in [0.29, 0.717) is 18.4 Å². The standard InChI is InChI=1S/C25H25N3O7/c1-10-15(28-9-27-10)4-2-11-3-5-16(29)19-14(11)7-12-6-13-8-17(30)20(24(26)34)23(33)25(13,35)22(32)18(12)21(19)31/h3,5,9,12-13,18,20,29,35H,2,4,6-8H2,1H3,(H2,26,34)(H,27,28)/t12-,13+,18?,20?,25+/m1/s1. The summed E-state index contributed by atoms with van der Waals surface area (Å²) in [5.41, 5.74) is 5.87. The topological polar surface area (TPSA) is 181 Å². The van der Waals surface area contributed by atoms with Crippen molar-refractivity contribution in [3.8, 4) is 5.75 Å². The number of Topliss-reactive ketones (excluding diaryl/α,β-unsaturated/α-hetero) is 4. The van der Waals surface area contributed by atoms with Gasteiger partial charge >= 0.3 is 0 Å². The molecule has 5 N–H and O–H groups in total. The number of aryl methyl sites for hydroxylation is 3. The van der Waals surface area contributed by atoms with E-state index in [1.165, 1.54) is 6.07 Å².